The molecule has 1 amide bonds. The molecule has 0 spiro atoms. The molecule has 0 aliphatic rings. The van der Waals surface area contributed by atoms with Crippen LogP contribution in [-0.4, -0.2) is 17.2 Å². The van der Waals surface area contributed by atoms with Gasteiger partial charge in [0.25, 0.3) is 0 Å². The second-order valence-corrected chi connectivity index (χ2v) is 4.12. The number of para-hydroxylation sites is 2. The molecule has 6 heteroatoms. The summed E-state index contributed by atoms with van der Waals surface area (Å²) in [5.41, 5.74) is -0.0462. The molecule has 0 bridgehead atoms. The summed E-state index contributed by atoms with van der Waals surface area (Å²) in [5, 5.41) is 9.05. The van der Waals surface area contributed by atoms with Crippen molar-refractivity contribution < 1.29 is 19.4 Å². The van der Waals surface area contributed by atoms with Crippen LogP contribution < -0.4 is 9.16 Å². The Balaban J connectivity index is 2.21. The Hall–Kier alpha value is -2.53. The van der Waals surface area contributed by atoms with E-state index >= 15 is 0 Å². The predicted molar refractivity (Wildman–Crippen MR) is 74.2 cm³/mol. The molecule has 0 heterocycles. The van der Waals surface area contributed by atoms with Crippen LogP contribution in [0.15, 0.2) is 54.6 Å². The summed E-state index contributed by atoms with van der Waals surface area (Å²) >= 11 is 5.85. The lowest BCUT2D eigenvalue weighted by Gasteiger charge is -2.15. The minimum absolute atomic E-state index is 0.0441. The van der Waals surface area contributed by atoms with Gasteiger partial charge in [0, 0.05) is 11.8 Å². The average molecular weight is 292 g/mol. The van der Waals surface area contributed by atoms with Gasteiger partial charge in [0.05, 0.1) is 11.3 Å². The highest BCUT2D eigenvalue weighted by molar-refractivity contribution is 6.36. The first-order chi connectivity index (χ1) is 9.59. The van der Waals surface area contributed by atoms with E-state index in [4.69, 9.17) is 21.6 Å². The molecule has 0 radical (unpaired) electrons. The van der Waals surface area contributed by atoms with E-state index in [2.05, 4.69) is 0 Å². The fraction of sp³-hybridized carbons (Fsp3) is 0. The molecule has 0 fully saturated rings. The van der Waals surface area contributed by atoms with Crippen molar-refractivity contribution in [3.63, 3.8) is 0 Å². The molecule has 0 aliphatic heterocycles. The van der Waals surface area contributed by atoms with Gasteiger partial charge in [-0.3, -0.25) is 0 Å². The zero-order chi connectivity index (χ0) is 14.5. The number of nitrogens with zero attached hydrogens (tertiary/aromatic N) is 1. The van der Waals surface area contributed by atoms with Gasteiger partial charge in [-0.2, -0.15) is 4.42 Å². The molecule has 0 aromatic heterocycles. The van der Waals surface area contributed by atoms with Gasteiger partial charge in [0.2, 0.25) is 0 Å². The van der Waals surface area contributed by atoms with Gasteiger partial charge in [-0.15, -0.1) is 0 Å². The Morgan fingerprint density at radius 1 is 1.00 bits per heavy atom. The van der Waals surface area contributed by atoms with Gasteiger partial charge in [-0.1, -0.05) is 30.3 Å². The first kappa shape index (κ1) is 13.9. The van der Waals surface area contributed by atoms with Crippen LogP contribution in [0.3, 0.4) is 0 Å². The maximum Gasteiger partial charge on any atom is 0.434 e. The third-order valence-corrected chi connectivity index (χ3v) is 2.77. The summed E-state index contributed by atoms with van der Waals surface area (Å²) in [6.45, 7) is 0. The predicted octanol–water partition coefficient (Wildman–Crippen LogP) is 3.54. The first-order valence-corrected chi connectivity index (χ1v) is 5.98. The standard InChI is InChI=1S/C14H10ClNO4/c15-16(12-9-5-4-8-11(12)13(17)18)14(19)20-10-6-2-1-3-7-10/h1-9H,(H,17,18). The number of anilines is 1. The molecule has 0 atom stereocenters. The van der Waals surface area contributed by atoms with E-state index in [-0.39, 0.29) is 11.3 Å². The van der Waals surface area contributed by atoms with E-state index in [0.717, 1.165) is 0 Å². The highest BCUT2D eigenvalue weighted by atomic mass is 35.5. The van der Waals surface area contributed by atoms with Crippen LogP contribution in [0.5, 0.6) is 5.75 Å². The number of carboxylic acids is 1. The maximum absolute atomic E-state index is 11.9. The molecular formula is C14H10ClNO4. The fourth-order valence-electron chi connectivity index (χ4n) is 1.55. The van der Waals surface area contributed by atoms with E-state index < -0.39 is 12.1 Å². The van der Waals surface area contributed by atoms with Crippen LogP contribution in [0.2, 0.25) is 0 Å². The van der Waals surface area contributed by atoms with Crippen molar-refractivity contribution >= 4 is 29.5 Å². The number of benzene rings is 2. The van der Waals surface area contributed by atoms with Crippen molar-refractivity contribution in [1.29, 1.82) is 0 Å². The molecule has 2 rings (SSSR count). The van der Waals surface area contributed by atoms with Gasteiger partial charge in [-0.25, -0.2) is 9.59 Å². The normalized spacial score (nSPS) is 9.85. The Morgan fingerprint density at radius 3 is 2.25 bits per heavy atom. The maximum atomic E-state index is 11.9. The number of amides is 1. The van der Waals surface area contributed by atoms with Crippen molar-refractivity contribution in [1.82, 2.24) is 0 Å². The summed E-state index contributed by atoms with van der Waals surface area (Å²) in [6, 6.07) is 14.2. The Bertz CT molecular complexity index is 630. The average Bonchev–Trinajstić information content (AvgIpc) is 2.47. The molecule has 0 unspecified atom stereocenters. The van der Waals surface area contributed by atoms with E-state index in [1.807, 2.05) is 0 Å². The van der Waals surface area contributed by atoms with Gasteiger partial charge in [0.1, 0.15) is 5.75 Å². The molecule has 0 aliphatic carbocycles. The second-order valence-electron chi connectivity index (χ2n) is 3.78. The number of halogens is 1. The largest absolute Gasteiger partial charge is 0.478 e. The Morgan fingerprint density at radius 2 is 1.60 bits per heavy atom. The third kappa shape index (κ3) is 3.07. The van der Waals surface area contributed by atoms with Gasteiger partial charge in [-0.05, 0) is 24.3 Å². The number of hydrogen-bond donors (Lipinski definition) is 1. The topological polar surface area (TPSA) is 66.8 Å². The molecule has 2 aromatic rings. The molecule has 0 saturated heterocycles. The molecule has 2 aromatic carbocycles. The number of carbonyl (C=O) groups is 2. The van der Waals surface area contributed by atoms with Crippen LogP contribution in [0.4, 0.5) is 10.5 Å². The Kier molecular flexibility index (Phi) is 4.22. The summed E-state index contributed by atoms with van der Waals surface area (Å²) in [6.07, 6.45) is -0.883. The van der Waals surface area contributed by atoms with Crippen molar-refractivity contribution in [2.24, 2.45) is 0 Å². The van der Waals surface area contributed by atoms with Crippen LogP contribution >= 0.6 is 11.8 Å². The third-order valence-electron chi connectivity index (χ3n) is 2.45. The van der Waals surface area contributed by atoms with Gasteiger partial charge < -0.3 is 9.84 Å². The van der Waals surface area contributed by atoms with Crippen LogP contribution in [0.1, 0.15) is 10.4 Å². The SMILES string of the molecule is O=C(O)c1ccccc1N(Cl)C(=O)Oc1ccccc1. The van der Waals surface area contributed by atoms with Gasteiger partial charge in [0.15, 0.2) is 0 Å². The smallest absolute Gasteiger partial charge is 0.434 e. The molecule has 20 heavy (non-hydrogen) atoms. The summed E-state index contributed by atoms with van der Waals surface area (Å²) < 4.78 is 5.66. The van der Waals surface area contributed by atoms with Crippen LogP contribution in [0, 0.1) is 0 Å². The first-order valence-electron chi connectivity index (χ1n) is 5.64. The quantitative estimate of drug-likeness (QED) is 0.878. The van der Waals surface area contributed by atoms with E-state index in [9.17, 15) is 9.59 Å². The number of carbonyl (C=O) groups excluding carboxylic acids is 1. The van der Waals surface area contributed by atoms with E-state index in [0.29, 0.717) is 10.2 Å². The monoisotopic (exact) mass is 291 g/mol. The summed E-state index contributed by atoms with van der Waals surface area (Å²) in [4.78, 5) is 22.9. The zero-order valence-corrected chi connectivity index (χ0v) is 10.9. The lowest BCUT2D eigenvalue weighted by Crippen LogP contribution is -2.26. The van der Waals surface area contributed by atoms with E-state index in [1.54, 1.807) is 42.5 Å². The van der Waals surface area contributed by atoms with Crippen molar-refractivity contribution in [3.05, 3.63) is 60.2 Å². The minimum Gasteiger partial charge on any atom is -0.478 e. The molecule has 1 N–H and O–H groups in total. The molecule has 102 valence electrons. The number of carboxylic acid groups (broad SMARTS) is 1. The fourth-order valence-corrected chi connectivity index (χ4v) is 1.74. The van der Waals surface area contributed by atoms with E-state index in [1.165, 1.54) is 12.1 Å². The van der Waals surface area contributed by atoms with Crippen LogP contribution in [0.25, 0.3) is 0 Å². The highest BCUT2D eigenvalue weighted by Crippen LogP contribution is 2.23. The highest BCUT2D eigenvalue weighted by Gasteiger charge is 2.21. The number of hydrogen-bond acceptors (Lipinski definition) is 3. The number of aromatic carboxylic acids is 1. The number of rotatable bonds is 3. The zero-order valence-electron chi connectivity index (χ0n) is 10.2. The number of ether oxygens (including phenoxy) is 1. The molecule has 0 saturated carbocycles. The van der Waals surface area contributed by atoms with Gasteiger partial charge >= 0.3 is 12.1 Å². The van der Waals surface area contributed by atoms with Crippen molar-refractivity contribution in [3.8, 4) is 5.75 Å². The lowest BCUT2D eigenvalue weighted by atomic mass is 10.2. The minimum atomic E-state index is -1.18. The van der Waals surface area contributed by atoms with Crippen molar-refractivity contribution in [2.75, 3.05) is 4.42 Å². The molecular weight excluding hydrogens is 282 g/mol. The summed E-state index contributed by atoms with van der Waals surface area (Å²) in [7, 11) is 0. The van der Waals surface area contributed by atoms with Crippen LogP contribution in [-0.2, 0) is 0 Å². The Labute approximate surface area is 120 Å². The summed E-state index contributed by atoms with van der Waals surface area (Å²) in [5.74, 6) is -0.866. The molecule has 5 nitrogen and oxygen atoms in total. The van der Waals surface area contributed by atoms with Crippen molar-refractivity contribution in [2.45, 2.75) is 0 Å². The second kappa shape index (κ2) is 6.08. The lowest BCUT2D eigenvalue weighted by molar-refractivity contribution is 0.0698.